The lowest BCUT2D eigenvalue weighted by molar-refractivity contribution is -0.167. The zero-order chi connectivity index (χ0) is 46.5. The van der Waals surface area contributed by atoms with Crippen LogP contribution in [0.1, 0.15) is 233 Å². The van der Waals surface area contributed by atoms with Gasteiger partial charge in [-0.2, -0.15) is 0 Å². The Hall–Kier alpha value is -3.67. The quantitative estimate of drug-likeness (QED) is 0.0199. The lowest BCUT2D eigenvalue weighted by atomic mass is 10.0. The summed E-state index contributed by atoms with van der Waals surface area (Å²) in [5.41, 5.74) is 0. The summed E-state index contributed by atoms with van der Waals surface area (Å²) in [5.74, 6) is -0.944. The van der Waals surface area contributed by atoms with E-state index in [0.29, 0.717) is 19.3 Å². The fourth-order valence-electron chi connectivity index (χ4n) is 7.07. The predicted octanol–water partition coefficient (Wildman–Crippen LogP) is 17.4. The molecule has 6 heteroatoms. The van der Waals surface area contributed by atoms with Crippen LogP contribution in [0.4, 0.5) is 0 Å². The predicted molar refractivity (Wildman–Crippen MR) is 274 cm³/mol. The molecule has 0 aliphatic heterocycles. The van der Waals surface area contributed by atoms with Gasteiger partial charge in [-0.05, 0) is 70.6 Å². The molecule has 0 aromatic heterocycles. The van der Waals surface area contributed by atoms with Crippen molar-refractivity contribution < 1.29 is 28.6 Å². The van der Waals surface area contributed by atoms with E-state index in [1.165, 1.54) is 103 Å². The second kappa shape index (κ2) is 52.0. The van der Waals surface area contributed by atoms with Crippen LogP contribution in [-0.2, 0) is 28.6 Å². The van der Waals surface area contributed by atoms with Gasteiger partial charge in [0.15, 0.2) is 6.10 Å². The van der Waals surface area contributed by atoms with E-state index in [1.54, 1.807) is 0 Å². The molecular formula is C58H96O6. The number of unbranched alkanes of at least 4 members (excludes halogenated alkanes) is 23. The largest absolute Gasteiger partial charge is 0.462 e. The molecule has 0 amide bonds. The van der Waals surface area contributed by atoms with Crippen LogP contribution in [-0.4, -0.2) is 37.2 Å². The number of allylic oxidation sites excluding steroid dienone is 16. The van der Waals surface area contributed by atoms with Crippen molar-refractivity contribution in [3.8, 4) is 0 Å². The summed E-state index contributed by atoms with van der Waals surface area (Å²) in [4.78, 5) is 38.0. The molecule has 0 saturated heterocycles. The Morgan fingerprint density at radius 3 is 1.16 bits per heavy atom. The second-order valence-corrected chi connectivity index (χ2v) is 17.2. The molecule has 0 aliphatic carbocycles. The molecule has 0 radical (unpaired) electrons. The minimum Gasteiger partial charge on any atom is -0.462 e. The minimum absolute atomic E-state index is 0.0957. The van der Waals surface area contributed by atoms with Gasteiger partial charge in [-0.1, -0.05) is 240 Å². The van der Waals surface area contributed by atoms with E-state index in [0.717, 1.165) is 83.5 Å². The Morgan fingerprint density at radius 2 is 0.688 bits per heavy atom. The summed E-state index contributed by atoms with van der Waals surface area (Å²) in [7, 11) is 0. The van der Waals surface area contributed by atoms with E-state index in [1.807, 2.05) is 48.6 Å². The fourth-order valence-corrected chi connectivity index (χ4v) is 7.07. The number of carbonyl (C=O) groups is 3. The van der Waals surface area contributed by atoms with Crippen LogP contribution in [0.15, 0.2) is 97.2 Å². The van der Waals surface area contributed by atoms with Crippen molar-refractivity contribution in [2.45, 2.75) is 239 Å². The Labute approximate surface area is 394 Å². The van der Waals surface area contributed by atoms with E-state index in [9.17, 15) is 14.4 Å². The molecule has 0 spiro atoms. The third-order valence-electron chi connectivity index (χ3n) is 11.0. The summed E-state index contributed by atoms with van der Waals surface area (Å²) < 4.78 is 16.8. The topological polar surface area (TPSA) is 78.9 Å². The summed E-state index contributed by atoms with van der Waals surface area (Å²) in [6, 6.07) is 0. The van der Waals surface area contributed by atoms with Crippen molar-refractivity contribution in [3.63, 3.8) is 0 Å². The first-order valence-corrected chi connectivity index (χ1v) is 26.3. The maximum absolute atomic E-state index is 12.8. The first-order chi connectivity index (χ1) is 31.5. The Balaban J connectivity index is 4.43. The van der Waals surface area contributed by atoms with Crippen molar-refractivity contribution >= 4 is 17.9 Å². The van der Waals surface area contributed by atoms with E-state index >= 15 is 0 Å². The van der Waals surface area contributed by atoms with Crippen LogP contribution < -0.4 is 0 Å². The number of ether oxygens (including phenoxy) is 3. The molecule has 6 nitrogen and oxygen atoms in total. The molecular weight excluding hydrogens is 793 g/mol. The number of hydrogen-bond acceptors (Lipinski definition) is 6. The number of esters is 3. The molecule has 1 unspecified atom stereocenters. The molecule has 0 aliphatic rings. The highest BCUT2D eigenvalue weighted by atomic mass is 16.6. The minimum atomic E-state index is -0.800. The summed E-state index contributed by atoms with van der Waals surface area (Å²) in [5, 5.41) is 0. The van der Waals surface area contributed by atoms with Gasteiger partial charge in [0.05, 0.1) is 0 Å². The van der Waals surface area contributed by atoms with Gasteiger partial charge in [0.2, 0.25) is 0 Å². The van der Waals surface area contributed by atoms with Crippen LogP contribution in [0.2, 0.25) is 0 Å². The van der Waals surface area contributed by atoms with Crippen molar-refractivity contribution in [1.29, 1.82) is 0 Å². The molecule has 0 aromatic carbocycles. The first kappa shape index (κ1) is 60.3. The van der Waals surface area contributed by atoms with Crippen LogP contribution in [0.25, 0.3) is 0 Å². The number of rotatable bonds is 46. The van der Waals surface area contributed by atoms with Crippen LogP contribution in [0, 0.1) is 0 Å². The number of hydrogen-bond donors (Lipinski definition) is 0. The van der Waals surface area contributed by atoms with Crippen LogP contribution >= 0.6 is 0 Å². The van der Waals surface area contributed by atoms with Gasteiger partial charge in [-0.3, -0.25) is 14.4 Å². The average Bonchev–Trinajstić information content (AvgIpc) is 3.29. The van der Waals surface area contributed by atoms with Gasteiger partial charge in [0, 0.05) is 19.3 Å². The van der Waals surface area contributed by atoms with E-state index in [-0.39, 0.29) is 37.5 Å². The Bertz CT molecular complexity index is 1300. The van der Waals surface area contributed by atoms with Gasteiger partial charge in [-0.25, -0.2) is 0 Å². The van der Waals surface area contributed by atoms with E-state index < -0.39 is 6.10 Å². The Morgan fingerprint density at radius 1 is 0.344 bits per heavy atom. The zero-order valence-corrected chi connectivity index (χ0v) is 41.5. The Kier molecular flexibility index (Phi) is 49.0. The third-order valence-corrected chi connectivity index (χ3v) is 11.0. The SMILES string of the molecule is CC\C=C/C=C\C=C/C=C\C=C/CCCCCC(=O)OC(COC(=O)CCCCCCCCCCC/C=C\C/C=C\C/C=C\CC)COC(=O)CCCCCCCCCCCCCC. The molecule has 364 valence electrons. The monoisotopic (exact) mass is 889 g/mol. The second-order valence-electron chi connectivity index (χ2n) is 17.2. The standard InChI is InChI=1S/C58H96O6/c1-4-7-10-13-16-19-22-25-27-28-29-30-32-33-36-39-42-45-48-51-57(60)63-54-55(53-62-56(59)50-47-44-41-38-35-24-21-18-15-12-9-6-3)64-58(61)52-49-46-43-40-37-34-31-26-23-20-17-14-11-8-5-2/h7-8,10-11,14,16-17,19-20,23,25-27,31,34,37,55H,4-6,9,12-13,15,18,21-22,24,28-30,32-33,35-36,38-54H2,1-3H3/b10-7-,11-8-,17-14-,19-16-,23-20-,27-25-,31-26-,37-34-. The normalized spacial score (nSPS) is 12.9. The number of carbonyl (C=O) groups excluding carboxylic acids is 3. The smallest absolute Gasteiger partial charge is 0.306 e. The lowest BCUT2D eigenvalue weighted by Crippen LogP contribution is -2.30. The highest BCUT2D eigenvalue weighted by molar-refractivity contribution is 5.71. The highest BCUT2D eigenvalue weighted by Gasteiger charge is 2.19. The highest BCUT2D eigenvalue weighted by Crippen LogP contribution is 2.15. The molecule has 0 fully saturated rings. The molecule has 0 aromatic rings. The molecule has 0 N–H and O–H groups in total. The molecule has 64 heavy (non-hydrogen) atoms. The molecule has 0 saturated carbocycles. The van der Waals surface area contributed by atoms with Crippen molar-refractivity contribution in [2.75, 3.05) is 13.2 Å². The molecule has 0 bridgehead atoms. The lowest BCUT2D eigenvalue weighted by Gasteiger charge is -2.18. The van der Waals surface area contributed by atoms with Crippen LogP contribution in [0.5, 0.6) is 0 Å². The van der Waals surface area contributed by atoms with Gasteiger partial charge in [-0.15, -0.1) is 0 Å². The van der Waals surface area contributed by atoms with Gasteiger partial charge < -0.3 is 14.2 Å². The summed E-state index contributed by atoms with van der Waals surface area (Å²) in [6.45, 7) is 6.34. The molecule has 0 heterocycles. The van der Waals surface area contributed by atoms with Crippen molar-refractivity contribution in [2.24, 2.45) is 0 Å². The van der Waals surface area contributed by atoms with Gasteiger partial charge in [0.1, 0.15) is 13.2 Å². The zero-order valence-electron chi connectivity index (χ0n) is 41.5. The van der Waals surface area contributed by atoms with E-state index in [2.05, 4.69) is 69.4 Å². The summed E-state index contributed by atoms with van der Waals surface area (Å²) in [6.07, 6.45) is 68.2. The van der Waals surface area contributed by atoms with Gasteiger partial charge >= 0.3 is 17.9 Å². The van der Waals surface area contributed by atoms with Crippen LogP contribution in [0.3, 0.4) is 0 Å². The maximum Gasteiger partial charge on any atom is 0.306 e. The molecule has 1 atom stereocenters. The molecule has 0 rings (SSSR count). The van der Waals surface area contributed by atoms with Crippen molar-refractivity contribution in [1.82, 2.24) is 0 Å². The fraction of sp³-hybridized carbons (Fsp3) is 0.672. The maximum atomic E-state index is 12.8. The third kappa shape index (κ3) is 49.3. The van der Waals surface area contributed by atoms with Gasteiger partial charge in [0.25, 0.3) is 0 Å². The first-order valence-electron chi connectivity index (χ1n) is 26.3. The summed E-state index contributed by atoms with van der Waals surface area (Å²) >= 11 is 0. The van der Waals surface area contributed by atoms with Crippen molar-refractivity contribution in [3.05, 3.63) is 97.2 Å². The average molecular weight is 889 g/mol. The van der Waals surface area contributed by atoms with E-state index in [4.69, 9.17) is 14.2 Å².